The Morgan fingerprint density at radius 1 is 0.889 bits per heavy atom. The maximum Gasteiger partial charge on any atom is 0.203 e. The lowest BCUT2D eigenvalue weighted by Crippen LogP contribution is -2.02. The Hall–Kier alpha value is -2.87. The van der Waals surface area contributed by atoms with E-state index in [0.717, 1.165) is 5.41 Å². The first-order valence-corrected chi connectivity index (χ1v) is 9.61. The molecule has 0 bridgehead atoms. The molecule has 7 nitrogen and oxygen atoms in total. The van der Waals surface area contributed by atoms with E-state index < -0.39 is 9.84 Å². The number of phenolic OH excluding ortho intramolecular Hbond substituents is 1. The lowest BCUT2D eigenvalue weighted by molar-refractivity contribution is 0.324. The smallest absolute Gasteiger partial charge is 0.203 e. The zero-order valence-electron chi connectivity index (χ0n) is 15.6. The van der Waals surface area contributed by atoms with Crippen LogP contribution >= 0.6 is 0 Å². The second-order valence-electron chi connectivity index (χ2n) is 5.57. The predicted octanol–water partition coefficient (Wildman–Crippen LogP) is 3.01. The van der Waals surface area contributed by atoms with Crippen molar-refractivity contribution in [1.29, 1.82) is 0 Å². The molecule has 0 amide bonds. The Morgan fingerprint density at radius 2 is 1.48 bits per heavy atom. The summed E-state index contributed by atoms with van der Waals surface area (Å²) in [5, 5.41) is 10.7. The third-order valence-electron chi connectivity index (χ3n) is 3.76. The fraction of sp³-hybridized carbons (Fsp3) is 0.263. The van der Waals surface area contributed by atoms with E-state index in [2.05, 4.69) is 0 Å². The average Bonchev–Trinajstić information content (AvgIpc) is 2.66. The Labute approximate surface area is 158 Å². The number of phenols is 1. The normalized spacial score (nSPS) is 11.4. The van der Waals surface area contributed by atoms with Gasteiger partial charge in [-0.2, -0.15) is 0 Å². The van der Waals surface area contributed by atoms with Gasteiger partial charge >= 0.3 is 0 Å². The molecule has 2 aromatic rings. The minimum Gasteiger partial charge on any atom is -0.504 e. The lowest BCUT2D eigenvalue weighted by Gasteiger charge is -2.13. The summed E-state index contributed by atoms with van der Waals surface area (Å²) in [6.45, 7) is 0. The summed E-state index contributed by atoms with van der Waals surface area (Å²) < 4.78 is 45.7. The first-order valence-electron chi connectivity index (χ1n) is 7.90. The third-order valence-corrected chi connectivity index (χ3v) is 5.05. The van der Waals surface area contributed by atoms with Gasteiger partial charge in [0.15, 0.2) is 32.8 Å². The second-order valence-corrected chi connectivity index (χ2v) is 7.46. The molecule has 0 aliphatic heterocycles. The Morgan fingerprint density at radius 3 is 2.00 bits per heavy atom. The fourth-order valence-electron chi connectivity index (χ4n) is 2.48. The maximum absolute atomic E-state index is 12.5. The molecule has 0 aliphatic rings. The van der Waals surface area contributed by atoms with Gasteiger partial charge in [-0.1, -0.05) is 6.07 Å². The summed E-state index contributed by atoms with van der Waals surface area (Å²) in [6, 6.07) is 7.75. The first-order chi connectivity index (χ1) is 12.8. The largest absolute Gasteiger partial charge is 0.504 e. The highest BCUT2D eigenvalue weighted by Crippen LogP contribution is 2.38. The molecule has 0 heterocycles. The number of hydrogen-bond acceptors (Lipinski definition) is 7. The van der Waals surface area contributed by atoms with Gasteiger partial charge in [0.2, 0.25) is 5.75 Å². The summed E-state index contributed by atoms with van der Waals surface area (Å²) in [6.07, 6.45) is 1.44. The van der Waals surface area contributed by atoms with Crippen LogP contribution in [0.3, 0.4) is 0 Å². The number of ether oxygens (including phenoxy) is 4. The first kappa shape index (κ1) is 20.4. The van der Waals surface area contributed by atoms with E-state index in [9.17, 15) is 13.5 Å². The molecule has 0 spiro atoms. The van der Waals surface area contributed by atoms with Crippen molar-refractivity contribution >= 4 is 15.9 Å². The van der Waals surface area contributed by atoms with E-state index in [1.165, 1.54) is 40.6 Å². The monoisotopic (exact) mass is 394 g/mol. The summed E-state index contributed by atoms with van der Waals surface area (Å²) in [7, 11) is 2.26. The summed E-state index contributed by atoms with van der Waals surface area (Å²) in [5.41, 5.74) is 1.08. The van der Waals surface area contributed by atoms with Crippen LogP contribution in [-0.4, -0.2) is 42.0 Å². The van der Waals surface area contributed by atoms with Gasteiger partial charge in [0.25, 0.3) is 0 Å². The molecule has 0 atom stereocenters. The molecule has 8 heteroatoms. The van der Waals surface area contributed by atoms with E-state index in [1.807, 2.05) is 0 Å². The van der Waals surface area contributed by atoms with Gasteiger partial charge < -0.3 is 24.1 Å². The predicted molar refractivity (Wildman–Crippen MR) is 102 cm³/mol. The highest BCUT2D eigenvalue weighted by Gasteiger charge is 2.16. The van der Waals surface area contributed by atoms with Crippen molar-refractivity contribution < 1.29 is 32.5 Å². The molecule has 0 aliphatic carbocycles. The van der Waals surface area contributed by atoms with Crippen LogP contribution in [0.4, 0.5) is 0 Å². The number of methoxy groups -OCH3 is 4. The number of sulfone groups is 1. The SMILES string of the molecule is COc1cc(C=CS(=O)(=O)Cc2cc(OC)c(OC)c(OC)c2)ccc1O. The molecule has 27 heavy (non-hydrogen) atoms. The minimum absolute atomic E-state index is 0.0186. The Bertz CT molecular complexity index is 908. The molecular formula is C19H22O7S. The molecule has 146 valence electrons. The van der Waals surface area contributed by atoms with Gasteiger partial charge in [0.1, 0.15) is 0 Å². The van der Waals surface area contributed by atoms with E-state index in [-0.39, 0.29) is 17.3 Å². The van der Waals surface area contributed by atoms with E-state index >= 15 is 0 Å². The molecule has 2 aromatic carbocycles. The maximum atomic E-state index is 12.5. The van der Waals surface area contributed by atoms with E-state index in [0.29, 0.717) is 28.4 Å². The standard InChI is InChI=1S/C19H22O7S/c1-23-16-9-13(5-6-15(16)20)7-8-27(21,22)12-14-10-17(24-2)19(26-4)18(11-14)25-3/h5-11,20H,12H2,1-4H3. The van der Waals surface area contributed by atoms with Crippen LogP contribution in [0.2, 0.25) is 0 Å². The van der Waals surface area contributed by atoms with Crippen LogP contribution in [-0.2, 0) is 15.6 Å². The number of rotatable bonds is 8. The van der Waals surface area contributed by atoms with Gasteiger partial charge in [-0.25, -0.2) is 8.42 Å². The summed E-state index contributed by atoms with van der Waals surface area (Å²) in [5.74, 6) is 1.17. The summed E-state index contributed by atoms with van der Waals surface area (Å²) in [4.78, 5) is 0. The van der Waals surface area contributed by atoms with Crippen molar-refractivity contribution in [1.82, 2.24) is 0 Å². The fourth-order valence-corrected chi connectivity index (χ4v) is 3.57. The van der Waals surface area contributed by atoms with E-state index in [4.69, 9.17) is 18.9 Å². The van der Waals surface area contributed by atoms with Crippen molar-refractivity contribution in [3.05, 3.63) is 46.9 Å². The minimum atomic E-state index is -3.57. The molecule has 0 saturated carbocycles. The van der Waals surface area contributed by atoms with Gasteiger partial charge in [0.05, 0.1) is 34.2 Å². The average molecular weight is 394 g/mol. The van der Waals surface area contributed by atoms with Gasteiger partial charge in [-0.15, -0.1) is 0 Å². The van der Waals surface area contributed by atoms with E-state index in [1.54, 1.807) is 24.3 Å². The van der Waals surface area contributed by atoms with Crippen molar-refractivity contribution in [2.24, 2.45) is 0 Å². The molecule has 2 rings (SSSR count). The Kier molecular flexibility index (Phi) is 6.57. The molecule has 1 N–H and O–H groups in total. The van der Waals surface area contributed by atoms with Crippen molar-refractivity contribution in [2.75, 3.05) is 28.4 Å². The summed E-state index contributed by atoms with van der Waals surface area (Å²) >= 11 is 0. The Balaban J connectivity index is 2.28. The van der Waals surface area contributed by atoms with Crippen molar-refractivity contribution in [2.45, 2.75) is 5.75 Å². The number of benzene rings is 2. The quantitative estimate of drug-likeness (QED) is 0.736. The zero-order valence-corrected chi connectivity index (χ0v) is 16.4. The van der Waals surface area contributed by atoms with Crippen molar-refractivity contribution in [3.63, 3.8) is 0 Å². The second kappa shape index (κ2) is 8.68. The van der Waals surface area contributed by atoms with Gasteiger partial charge in [0, 0.05) is 5.41 Å². The number of aromatic hydroxyl groups is 1. The van der Waals surface area contributed by atoms with Crippen LogP contribution < -0.4 is 18.9 Å². The van der Waals surface area contributed by atoms with Gasteiger partial charge in [-0.05, 0) is 41.5 Å². The van der Waals surface area contributed by atoms with Crippen LogP contribution in [0, 0.1) is 0 Å². The van der Waals surface area contributed by atoms with Crippen LogP contribution in [0.5, 0.6) is 28.7 Å². The molecule has 0 unspecified atom stereocenters. The molecular weight excluding hydrogens is 372 g/mol. The molecule has 0 aromatic heterocycles. The highest BCUT2D eigenvalue weighted by molar-refractivity contribution is 7.93. The van der Waals surface area contributed by atoms with Crippen LogP contribution in [0.15, 0.2) is 35.7 Å². The highest BCUT2D eigenvalue weighted by atomic mass is 32.2. The topological polar surface area (TPSA) is 91.3 Å². The molecule has 0 radical (unpaired) electrons. The molecule has 0 saturated heterocycles. The third kappa shape index (κ3) is 5.07. The lowest BCUT2D eigenvalue weighted by atomic mass is 10.2. The van der Waals surface area contributed by atoms with Gasteiger partial charge in [-0.3, -0.25) is 0 Å². The van der Waals surface area contributed by atoms with Crippen LogP contribution in [0.1, 0.15) is 11.1 Å². The zero-order chi connectivity index (χ0) is 20.0. The van der Waals surface area contributed by atoms with Crippen molar-refractivity contribution in [3.8, 4) is 28.7 Å². The molecule has 0 fully saturated rings. The number of hydrogen-bond donors (Lipinski definition) is 1. The van der Waals surface area contributed by atoms with Crippen LogP contribution in [0.25, 0.3) is 6.08 Å².